The number of nitrogens with one attached hydrogen (secondary N) is 2. The van der Waals surface area contributed by atoms with E-state index in [-0.39, 0.29) is 17.7 Å². The van der Waals surface area contributed by atoms with Crippen molar-refractivity contribution >= 4 is 17.5 Å². The zero-order chi connectivity index (χ0) is 17.0. The number of benzene rings is 1. The second kappa shape index (κ2) is 7.32. The Hall–Kier alpha value is -1.92. The minimum absolute atomic E-state index is 0.0885. The molecule has 1 aliphatic carbocycles. The van der Waals surface area contributed by atoms with Crippen LogP contribution in [0.3, 0.4) is 0 Å². The fourth-order valence-corrected chi connectivity index (χ4v) is 2.99. The van der Waals surface area contributed by atoms with Crippen molar-refractivity contribution in [1.29, 1.82) is 0 Å². The van der Waals surface area contributed by atoms with Crippen LogP contribution >= 0.6 is 0 Å². The number of carbonyl (C=O) groups is 2. The second-order valence-corrected chi connectivity index (χ2v) is 6.77. The van der Waals surface area contributed by atoms with E-state index >= 15 is 0 Å². The van der Waals surface area contributed by atoms with Gasteiger partial charge < -0.3 is 21.1 Å². The van der Waals surface area contributed by atoms with E-state index in [1.165, 1.54) is 0 Å². The third-order valence-electron chi connectivity index (χ3n) is 4.96. The van der Waals surface area contributed by atoms with E-state index in [0.29, 0.717) is 32.6 Å². The van der Waals surface area contributed by atoms with E-state index in [9.17, 15) is 9.59 Å². The van der Waals surface area contributed by atoms with Crippen molar-refractivity contribution in [3.05, 3.63) is 29.8 Å². The molecule has 0 atom stereocenters. The summed E-state index contributed by atoms with van der Waals surface area (Å²) in [6, 6.07) is 7.56. The zero-order valence-corrected chi connectivity index (χ0v) is 13.8. The van der Waals surface area contributed by atoms with E-state index in [1.54, 1.807) is 0 Å². The molecule has 0 spiro atoms. The van der Waals surface area contributed by atoms with Gasteiger partial charge in [0.1, 0.15) is 0 Å². The highest BCUT2D eigenvalue weighted by atomic mass is 16.5. The third kappa shape index (κ3) is 3.94. The standard InChI is InChI=1S/C18H25N3O3/c19-18(7-9-24-10-8-18)17(23)20-12-13-3-1-6-15(11-13)21-16(22)14-4-2-5-14/h1,3,6,11,14H,2,4-5,7-10,12,19H2,(H,20,23)(H,21,22). The maximum absolute atomic E-state index is 12.3. The van der Waals surface area contributed by atoms with E-state index in [0.717, 1.165) is 30.5 Å². The molecule has 1 aromatic carbocycles. The third-order valence-corrected chi connectivity index (χ3v) is 4.96. The predicted octanol–water partition coefficient (Wildman–Crippen LogP) is 1.55. The molecular formula is C18H25N3O3. The molecular weight excluding hydrogens is 306 g/mol. The summed E-state index contributed by atoms with van der Waals surface area (Å²) in [5.74, 6) is 0.0965. The minimum Gasteiger partial charge on any atom is -0.381 e. The van der Waals surface area contributed by atoms with Crippen molar-refractivity contribution < 1.29 is 14.3 Å². The van der Waals surface area contributed by atoms with Gasteiger partial charge in [-0.1, -0.05) is 18.6 Å². The molecule has 6 nitrogen and oxygen atoms in total. The van der Waals surface area contributed by atoms with Crippen LogP contribution in [-0.4, -0.2) is 30.6 Å². The summed E-state index contributed by atoms with van der Waals surface area (Å²) in [7, 11) is 0. The van der Waals surface area contributed by atoms with Crippen molar-refractivity contribution in [1.82, 2.24) is 5.32 Å². The highest BCUT2D eigenvalue weighted by molar-refractivity contribution is 5.93. The van der Waals surface area contributed by atoms with Crippen molar-refractivity contribution in [2.45, 2.75) is 44.2 Å². The van der Waals surface area contributed by atoms with Crippen LogP contribution in [0.15, 0.2) is 24.3 Å². The summed E-state index contributed by atoms with van der Waals surface area (Å²) in [4.78, 5) is 24.3. The fourth-order valence-electron chi connectivity index (χ4n) is 2.99. The fraction of sp³-hybridized carbons (Fsp3) is 0.556. The van der Waals surface area contributed by atoms with Gasteiger partial charge in [-0.2, -0.15) is 0 Å². The summed E-state index contributed by atoms with van der Waals surface area (Å²) in [5.41, 5.74) is 7.04. The van der Waals surface area contributed by atoms with Gasteiger partial charge in [0.05, 0.1) is 5.54 Å². The summed E-state index contributed by atoms with van der Waals surface area (Å²) in [6.45, 7) is 1.44. The predicted molar refractivity (Wildman–Crippen MR) is 91.2 cm³/mol. The molecule has 4 N–H and O–H groups in total. The monoisotopic (exact) mass is 331 g/mol. The molecule has 6 heteroatoms. The van der Waals surface area contributed by atoms with Crippen LogP contribution in [0, 0.1) is 5.92 Å². The first kappa shape index (κ1) is 16.9. The Morgan fingerprint density at radius 3 is 2.67 bits per heavy atom. The van der Waals surface area contributed by atoms with Crippen molar-refractivity contribution in [3.63, 3.8) is 0 Å². The molecule has 1 saturated carbocycles. The van der Waals surface area contributed by atoms with Crippen molar-refractivity contribution in [3.8, 4) is 0 Å². The molecule has 0 aromatic heterocycles. The summed E-state index contributed by atoms with van der Waals surface area (Å²) in [5, 5.41) is 5.85. The molecule has 0 unspecified atom stereocenters. The van der Waals surface area contributed by atoms with Gasteiger partial charge >= 0.3 is 0 Å². The smallest absolute Gasteiger partial charge is 0.240 e. The molecule has 0 radical (unpaired) electrons. The molecule has 2 amide bonds. The van der Waals surface area contributed by atoms with Gasteiger partial charge in [0, 0.05) is 31.4 Å². The number of amides is 2. The average molecular weight is 331 g/mol. The molecule has 2 fully saturated rings. The maximum atomic E-state index is 12.3. The molecule has 1 aromatic rings. The van der Waals surface area contributed by atoms with Gasteiger partial charge in [-0.3, -0.25) is 9.59 Å². The molecule has 1 heterocycles. The first-order chi connectivity index (χ1) is 11.6. The van der Waals surface area contributed by atoms with Gasteiger partial charge in [0.15, 0.2) is 0 Å². The van der Waals surface area contributed by atoms with Crippen LogP contribution in [-0.2, 0) is 20.9 Å². The quantitative estimate of drug-likeness (QED) is 0.763. The molecule has 3 rings (SSSR count). The maximum Gasteiger partial charge on any atom is 0.240 e. The normalized spacial score (nSPS) is 20.0. The van der Waals surface area contributed by atoms with Crippen LogP contribution in [0.4, 0.5) is 5.69 Å². The molecule has 1 aliphatic heterocycles. The number of hydrogen-bond donors (Lipinski definition) is 3. The van der Waals surface area contributed by atoms with Crippen LogP contribution in [0.25, 0.3) is 0 Å². The van der Waals surface area contributed by atoms with Crippen LogP contribution in [0.5, 0.6) is 0 Å². The Balaban J connectivity index is 1.54. The van der Waals surface area contributed by atoms with Gasteiger partial charge in [-0.15, -0.1) is 0 Å². The summed E-state index contributed by atoms with van der Waals surface area (Å²) >= 11 is 0. The van der Waals surface area contributed by atoms with Crippen LogP contribution in [0.2, 0.25) is 0 Å². The molecule has 130 valence electrons. The number of rotatable bonds is 5. The van der Waals surface area contributed by atoms with Gasteiger partial charge in [-0.05, 0) is 43.4 Å². The summed E-state index contributed by atoms with van der Waals surface area (Å²) in [6.07, 6.45) is 4.16. The lowest BCUT2D eigenvalue weighted by atomic mass is 9.85. The van der Waals surface area contributed by atoms with Crippen molar-refractivity contribution in [2.24, 2.45) is 11.7 Å². The first-order valence-corrected chi connectivity index (χ1v) is 8.62. The highest BCUT2D eigenvalue weighted by Gasteiger charge is 2.35. The molecule has 24 heavy (non-hydrogen) atoms. The largest absolute Gasteiger partial charge is 0.381 e. The van der Waals surface area contributed by atoms with E-state index in [1.807, 2.05) is 24.3 Å². The van der Waals surface area contributed by atoms with E-state index in [4.69, 9.17) is 10.5 Å². The Bertz CT molecular complexity index is 607. The van der Waals surface area contributed by atoms with Crippen LogP contribution in [0.1, 0.15) is 37.7 Å². The second-order valence-electron chi connectivity index (χ2n) is 6.77. The highest BCUT2D eigenvalue weighted by Crippen LogP contribution is 2.27. The van der Waals surface area contributed by atoms with Gasteiger partial charge in [0.2, 0.25) is 11.8 Å². The number of nitrogens with two attached hydrogens (primary N) is 1. The van der Waals surface area contributed by atoms with E-state index in [2.05, 4.69) is 10.6 Å². The lowest BCUT2D eigenvalue weighted by Crippen LogP contribution is -2.56. The molecule has 2 aliphatic rings. The van der Waals surface area contributed by atoms with E-state index < -0.39 is 5.54 Å². The Morgan fingerprint density at radius 1 is 1.25 bits per heavy atom. The number of anilines is 1. The Labute approximate surface area is 142 Å². The Kier molecular flexibility index (Phi) is 5.16. The Morgan fingerprint density at radius 2 is 2.00 bits per heavy atom. The van der Waals surface area contributed by atoms with Gasteiger partial charge in [0.25, 0.3) is 0 Å². The zero-order valence-electron chi connectivity index (χ0n) is 13.8. The van der Waals surface area contributed by atoms with Crippen LogP contribution < -0.4 is 16.4 Å². The lowest BCUT2D eigenvalue weighted by molar-refractivity contribution is -0.130. The van der Waals surface area contributed by atoms with Gasteiger partial charge in [-0.25, -0.2) is 0 Å². The number of ether oxygens (including phenoxy) is 1. The SMILES string of the molecule is NC1(C(=O)NCc2cccc(NC(=O)C3CCC3)c2)CCOCC1. The number of hydrogen-bond acceptors (Lipinski definition) is 4. The number of carbonyl (C=O) groups excluding carboxylic acids is 2. The topological polar surface area (TPSA) is 93.5 Å². The van der Waals surface area contributed by atoms with Crippen molar-refractivity contribution in [2.75, 3.05) is 18.5 Å². The molecule has 0 bridgehead atoms. The lowest BCUT2D eigenvalue weighted by Gasteiger charge is -2.31. The minimum atomic E-state index is -0.839. The first-order valence-electron chi connectivity index (χ1n) is 8.62. The molecule has 1 saturated heterocycles. The average Bonchev–Trinajstić information content (AvgIpc) is 2.52. The summed E-state index contributed by atoms with van der Waals surface area (Å²) < 4.78 is 5.26.